The second-order valence-corrected chi connectivity index (χ2v) is 5.63. The lowest BCUT2D eigenvalue weighted by Crippen LogP contribution is -2.32. The van der Waals surface area contributed by atoms with Crippen LogP contribution >= 0.6 is 0 Å². The van der Waals surface area contributed by atoms with Gasteiger partial charge in [-0.05, 0) is 49.9 Å². The zero-order valence-electron chi connectivity index (χ0n) is 12.9. The van der Waals surface area contributed by atoms with Gasteiger partial charge in [0.15, 0.2) is 6.61 Å². The molecule has 5 nitrogen and oxygen atoms in total. The van der Waals surface area contributed by atoms with Gasteiger partial charge in [0.25, 0.3) is 11.8 Å². The molecule has 0 aliphatic rings. The number of carbonyl (C=O) groups is 2. The first kappa shape index (κ1) is 17.0. The van der Waals surface area contributed by atoms with Gasteiger partial charge in [-0.2, -0.15) is 0 Å². The second kappa shape index (κ2) is 8.29. The predicted octanol–water partition coefficient (Wildman–Crippen LogP) is 2.11. The van der Waals surface area contributed by atoms with Crippen LogP contribution in [0.1, 0.15) is 44.0 Å². The van der Waals surface area contributed by atoms with E-state index in [0.29, 0.717) is 17.2 Å². The van der Waals surface area contributed by atoms with Crippen LogP contribution in [0.2, 0.25) is 0 Å². The highest BCUT2D eigenvalue weighted by Gasteiger charge is 2.10. The van der Waals surface area contributed by atoms with Gasteiger partial charge in [0, 0.05) is 11.6 Å². The van der Waals surface area contributed by atoms with E-state index in [1.807, 2.05) is 6.92 Å². The minimum absolute atomic E-state index is 0.104. The Morgan fingerprint density at radius 2 is 1.76 bits per heavy atom. The first-order valence-electron chi connectivity index (χ1n) is 7.20. The molecule has 0 bridgehead atoms. The summed E-state index contributed by atoms with van der Waals surface area (Å²) in [5, 5.41) is 2.97. The summed E-state index contributed by atoms with van der Waals surface area (Å²) in [5.41, 5.74) is 5.56. The van der Waals surface area contributed by atoms with Crippen LogP contribution in [0.25, 0.3) is 0 Å². The van der Waals surface area contributed by atoms with Crippen molar-refractivity contribution in [3.05, 3.63) is 29.8 Å². The monoisotopic (exact) mass is 292 g/mol. The van der Waals surface area contributed by atoms with Crippen LogP contribution in [-0.2, 0) is 4.79 Å². The predicted molar refractivity (Wildman–Crippen MR) is 82.1 cm³/mol. The lowest BCUT2D eigenvalue weighted by atomic mass is 10.0. The summed E-state index contributed by atoms with van der Waals surface area (Å²) in [5.74, 6) is 0.507. The van der Waals surface area contributed by atoms with Crippen LogP contribution in [0.3, 0.4) is 0 Å². The summed E-state index contributed by atoms with van der Waals surface area (Å²) in [7, 11) is 0. The van der Waals surface area contributed by atoms with Crippen LogP contribution < -0.4 is 15.8 Å². The Labute approximate surface area is 125 Å². The molecule has 0 aliphatic heterocycles. The van der Waals surface area contributed by atoms with E-state index in [1.165, 1.54) is 0 Å². The third-order valence-electron chi connectivity index (χ3n) is 3.05. The van der Waals surface area contributed by atoms with Gasteiger partial charge in [-0.1, -0.05) is 13.8 Å². The van der Waals surface area contributed by atoms with Crippen molar-refractivity contribution in [2.75, 3.05) is 6.61 Å². The van der Waals surface area contributed by atoms with E-state index in [-0.39, 0.29) is 18.6 Å². The number of nitrogens with one attached hydrogen (secondary N) is 1. The molecule has 21 heavy (non-hydrogen) atoms. The third-order valence-corrected chi connectivity index (χ3v) is 3.05. The summed E-state index contributed by atoms with van der Waals surface area (Å²) in [6.45, 7) is 6.17. The molecule has 1 atom stereocenters. The van der Waals surface area contributed by atoms with Gasteiger partial charge in [0.2, 0.25) is 0 Å². The second-order valence-electron chi connectivity index (χ2n) is 5.63. The van der Waals surface area contributed by atoms with E-state index in [4.69, 9.17) is 10.5 Å². The lowest BCUT2D eigenvalue weighted by molar-refractivity contribution is -0.119. The number of nitrogens with two attached hydrogens (primary N) is 1. The SMILES string of the molecule is CC(C)CC[C@H](C)NC(=O)c1ccc(OCC(N)=O)cc1. The fourth-order valence-corrected chi connectivity index (χ4v) is 1.82. The number of amides is 2. The lowest BCUT2D eigenvalue weighted by Gasteiger charge is -2.15. The Hall–Kier alpha value is -2.04. The fourth-order valence-electron chi connectivity index (χ4n) is 1.82. The summed E-state index contributed by atoms with van der Waals surface area (Å²) in [6.07, 6.45) is 2.05. The molecule has 0 saturated heterocycles. The van der Waals surface area contributed by atoms with Crippen LogP contribution in [0.5, 0.6) is 5.75 Å². The molecule has 1 aromatic rings. The molecule has 0 heterocycles. The molecule has 0 radical (unpaired) electrons. The van der Waals surface area contributed by atoms with Gasteiger partial charge in [0.05, 0.1) is 0 Å². The van der Waals surface area contributed by atoms with Crippen molar-refractivity contribution in [1.29, 1.82) is 0 Å². The van der Waals surface area contributed by atoms with E-state index in [2.05, 4.69) is 19.2 Å². The van der Waals surface area contributed by atoms with E-state index >= 15 is 0 Å². The van der Waals surface area contributed by atoms with Gasteiger partial charge in [-0.15, -0.1) is 0 Å². The molecule has 0 saturated carbocycles. The van der Waals surface area contributed by atoms with Crippen LogP contribution in [-0.4, -0.2) is 24.5 Å². The minimum Gasteiger partial charge on any atom is -0.484 e. The van der Waals surface area contributed by atoms with Gasteiger partial charge < -0.3 is 15.8 Å². The molecule has 0 unspecified atom stereocenters. The number of hydrogen-bond donors (Lipinski definition) is 2. The highest BCUT2D eigenvalue weighted by Crippen LogP contribution is 2.13. The van der Waals surface area contributed by atoms with Crippen LogP contribution in [0.4, 0.5) is 0 Å². The van der Waals surface area contributed by atoms with Crippen LogP contribution in [0, 0.1) is 5.92 Å². The fraction of sp³-hybridized carbons (Fsp3) is 0.500. The Morgan fingerprint density at radius 3 is 2.29 bits per heavy atom. The standard InChI is InChI=1S/C16H24N2O3/c1-11(2)4-5-12(3)18-16(20)13-6-8-14(9-7-13)21-10-15(17)19/h6-9,11-12H,4-5,10H2,1-3H3,(H2,17,19)(H,18,20)/t12-/m0/s1. The molecule has 2 amide bonds. The third kappa shape index (κ3) is 6.79. The maximum Gasteiger partial charge on any atom is 0.255 e. The Bertz CT molecular complexity index is 469. The van der Waals surface area contributed by atoms with Gasteiger partial charge >= 0.3 is 0 Å². The summed E-state index contributed by atoms with van der Waals surface area (Å²) in [4.78, 5) is 22.7. The van der Waals surface area contributed by atoms with Crippen molar-refractivity contribution in [3.63, 3.8) is 0 Å². The molecule has 1 aromatic carbocycles. The van der Waals surface area contributed by atoms with Gasteiger partial charge in [-0.25, -0.2) is 0 Å². The van der Waals surface area contributed by atoms with E-state index in [9.17, 15) is 9.59 Å². The number of rotatable bonds is 8. The van der Waals surface area contributed by atoms with Crippen molar-refractivity contribution in [1.82, 2.24) is 5.32 Å². The van der Waals surface area contributed by atoms with E-state index < -0.39 is 5.91 Å². The smallest absolute Gasteiger partial charge is 0.255 e. The molecular weight excluding hydrogens is 268 g/mol. The molecule has 1 rings (SSSR count). The molecular formula is C16H24N2O3. The zero-order valence-corrected chi connectivity index (χ0v) is 12.9. The maximum atomic E-state index is 12.1. The largest absolute Gasteiger partial charge is 0.484 e. The number of ether oxygens (including phenoxy) is 1. The first-order valence-corrected chi connectivity index (χ1v) is 7.20. The quantitative estimate of drug-likeness (QED) is 0.770. The first-order chi connectivity index (χ1) is 9.88. The maximum absolute atomic E-state index is 12.1. The van der Waals surface area contributed by atoms with Crippen LogP contribution in [0.15, 0.2) is 24.3 Å². The zero-order chi connectivity index (χ0) is 15.8. The van der Waals surface area contributed by atoms with Crippen molar-refractivity contribution < 1.29 is 14.3 Å². The minimum atomic E-state index is -0.532. The van der Waals surface area contributed by atoms with Gasteiger partial charge in [-0.3, -0.25) is 9.59 Å². The summed E-state index contributed by atoms with van der Waals surface area (Å²) >= 11 is 0. The van der Waals surface area contributed by atoms with E-state index in [0.717, 1.165) is 12.8 Å². The molecule has 0 spiro atoms. The van der Waals surface area contributed by atoms with Crippen molar-refractivity contribution in [2.24, 2.45) is 11.7 Å². The average molecular weight is 292 g/mol. The molecule has 0 aliphatic carbocycles. The molecule has 5 heteroatoms. The van der Waals surface area contributed by atoms with Crippen molar-refractivity contribution in [2.45, 2.75) is 39.7 Å². The molecule has 116 valence electrons. The highest BCUT2D eigenvalue weighted by atomic mass is 16.5. The van der Waals surface area contributed by atoms with Gasteiger partial charge in [0.1, 0.15) is 5.75 Å². The van der Waals surface area contributed by atoms with E-state index in [1.54, 1.807) is 24.3 Å². The Kier molecular flexibility index (Phi) is 6.72. The highest BCUT2D eigenvalue weighted by molar-refractivity contribution is 5.94. The normalized spacial score (nSPS) is 12.0. The average Bonchev–Trinajstić information content (AvgIpc) is 2.43. The van der Waals surface area contributed by atoms with Crippen molar-refractivity contribution >= 4 is 11.8 Å². The number of carbonyl (C=O) groups excluding carboxylic acids is 2. The molecule has 0 aromatic heterocycles. The number of primary amides is 1. The molecule has 0 fully saturated rings. The molecule has 3 N–H and O–H groups in total. The number of benzene rings is 1. The topological polar surface area (TPSA) is 81.4 Å². The summed E-state index contributed by atoms with van der Waals surface area (Å²) in [6, 6.07) is 6.78. The number of hydrogen-bond acceptors (Lipinski definition) is 3. The summed E-state index contributed by atoms with van der Waals surface area (Å²) < 4.78 is 5.14. The Morgan fingerprint density at radius 1 is 1.14 bits per heavy atom. The Balaban J connectivity index is 2.49. The van der Waals surface area contributed by atoms with Crippen molar-refractivity contribution in [3.8, 4) is 5.75 Å².